The summed E-state index contributed by atoms with van der Waals surface area (Å²) in [6.45, 7) is 0. The minimum absolute atomic E-state index is 0.250. The Labute approximate surface area is 87.3 Å². The summed E-state index contributed by atoms with van der Waals surface area (Å²) in [7, 11) is 1.51. The predicted molar refractivity (Wildman–Crippen MR) is 44.7 cm³/mol. The van der Waals surface area contributed by atoms with Gasteiger partial charge in [-0.25, -0.2) is 4.68 Å². The first-order valence-corrected chi connectivity index (χ1v) is 4.75. The summed E-state index contributed by atoms with van der Waals surface area (Å²) in [5.41, 5.74) is 0. The highest BCUT2D eigenvalue weighted by Gasteiger charge is 2.40. The van der Waals surface area contributed by atoms with Gasteiger partial charge in [-0.2, -0.15) is 18.4 Å². The molecule has 5 nitrogen and oxygen atoms in total. The van der Waals surface area contributed by atoms with E-state index in [1.54, 1.807) is 0 Å². The molecule has 0 amide bonds. The van der Waals surface area contributed by atoms with E-state index in [-0.39, 0.29) is 5.16 Å². The third kappa shape index (κ3) is 3.09. The number of nitrogens with zero attached hydrogens (tertiary/aromatic N) is 5. The smallest absolute Gasteiger partial charge is 0.224 e. The zero-order valence-corrected chi connectivity index (χ0v) is 8.38. The molecule has 1 heterocycles. The number of hydrogen-bond acceptors (Lipinski definition) is 5. The van der Waals surface area contributed by atoms with Crippen LogP contribution in [0.5, 0.6) is 0 Å². The van der Waals surface area contributed by atoms with Gasteiger partial charge in [0.25, 0.3) is 0 Å². The van der Waals surface area contributed by atoms with E-state index in [2.05, 4.69) is 15.5 Å². The molecule has 1 unspecified atom stereocenters. The molecule has 0 saturated heterocycles. The van der Waals surface area contributed by atoms with Crippen molar-refractivity contribution in [2.24, 2.45) is 13.0 Å². The maximum absolute atomic E-state index is 12.2. The van der Waals surface area contributed by atoms with Crippen LogP contribution in [0.15, 0.2) is 5.16 Å². The molecule has 0 fully saturated rings. The number of tetrazole rings is 1. The van der Waals surface area contributed by atoms with Gasteiger partial charge >= 0.3 is 6.18 Å². The lowest BCUT2D eigenvalue weighted by molar-refractivity contribution is -0.152. The fraction of sp³-hybridized carbons (Fsp3) is 0.667. The third-order valence-electron chi connectivity index (χ3n) is 1.51. The standard InChI is InChI=1S/C6H6F3N5S/c1-14-5(11-12-13-14)15-3-4(2-10)6(7,8)9/h4H,3H2,1H3. The lowest BCUT2D eigenvalue weighted by Gasteiger charge is -2.11. The van der Waals surface area contributed by atoms with Gasteiger partial charge in [-0.15, -0.1) is 5.10 Å². The van der Waals surface area contributed by atoms with E-state index < -0.39 is 17.8 Å². The van der Waals surface area contributed by atoms with Crippen molar-refractivity contribution < 1.29 is 13.2 Å². The Bertz CT molecular complexity index is 368. The average molecular weight is 237 g/mol. The van der Waals surface area contributed by atoms with Gasteiger partial charge < -0.3 is 0 Å². The molecule has 1 aromatic heterocycles. The van der Waals surface area contributed by atoms with Crippen LogP contribution >= 0.6 is 11.8 Å². The van der Waals surface area contributed by atoms with Crippen molar-refractivity contribution >= 4 is 11.8 Å². The first-order valence-electron chi connectivity index (χ1n) is 3.76. The van der Waals surface area contributed by atoms with Crippen molar-refractivity contribution in [2.75, 3.05) is 5.75 Å². The fourth-order valence-corrected chi connectivity index (χ4v) is 1.60. The van der Waals surface area contributed by atoms with Crippen molar-refractivity contribution in [3.8, 4) is 6.07 Å². The van der Waals surface area contributed by atoms with Gasteiger partial charge in [0, 0.05) is 12.8 Å². The fourth-order valence-electron chi connectivity index (χ4n) is 0.706. The summed E-state index contributed by atoms with van der Waals surface area (Å²) in [6, 6.07) is 1.20. The van der Waals surface area contributed by atoms with E-state index in [0.29, 0.717) is 0 Å². The summed E-state index contributed by atoms with van der Waals surface area (Å²) < 4.78 is 37.7. The predicted octanol–water partition coefficient (Wildman–Crippen LogP) is 1.00. The monoisotopic (exact) mass is 237 g/mol. The van der Waals surface area contributed by atoms with Gasteiger partial charge in [0.1, 0.15) is 0 Å². The number of aryl methyl sites for hydroxylation is 1. The van der Waals surface area contributed by atoms with Crippen molar-refractivity contribution in [3.63, 3.8) is 0 Å². The topological polar surface area (TPSA) is 67.4 Å². The lowest BCUT2D eigenvalue weighted by Crippen LogP contribution is -2.23. The second kappa shape index (κ2) is 4.48. The molecule has 0 aromatic carbocycles. The summed E-state index contributed by atoms with van der Waals surface area (Å²) in [6.07, 6.45) is -4.51. The van der Waals surface area contributed by atoms with E-state index in [1.165, 1.54) is 17.8 Å². The zero-order chi connectivity index (χ0) is 11.5. The molecule has 0 aliphatic carbocycles. The number of alkyl halides is 3. The molecule has 0 spiro atoms. The van der Waals surface area contributed by atoms with Gasteiger partial charge in [-0.1, -0.05) is 11.8 Å². The number of rotatable bonds is 3. The molecule has 0 aliphatic rings. The molecule has 0 saturated carbocycles. The number of thioether (sulfide) groups is 1. The molecule has 1 rings (SSSR count). The van der Waals surface area contributed by atoms with Gasteiger partial charge in [-0.3, -0.25) is 0 Å². The van der Waals surface area contributed by atoms with Gasteiger partial charge in [0.15, 0.2) is 5.92 Å². The van der Waals surface area contributed by atoms with Gasteiger partial charge in [0.2, 0.25) is 5.16 Å². The first-order chi connectivity index (χ1) is 6.95. The van der Waals surface area contributed by atoms with E-state index in [1.807, 2.05) is 0 Å². The second-order valence-corrected chi connectivity index (χ2v) is 3.61. The molecule has 15 heavy (non-hydrogen) atoms. The average Bonchev–Trinajstić information content (AvgIpc) is 2.50. The molecule has 0 N–H and O–H groups in total. The summed E-state index contributed by atoms with van der Waals surface area (Å²) in [5.74, 6) is -2.41. The van der Waals surface area contributed by atoms with Crippen LogP contribution in [0, 0.1) is 17.2 Å². The van der Waals surface area contributed by atoms with Crippen LogP contribution in [0.1, 0.15) is 0 Å². The van der Waals surface area contributed by atoms with Crippen molar-refractivity contribution in [3.05, 3.63) is 0 Å². The minimum atomic E-state index is -4.51. The molecular weight excluding hydrogens is 231 g/mol. The summed E-state index contributed by atoms with van der Waals surface area (Å²) in [4.78, 5) is 0. The Kier molecular flexibility index (Phi) is 3.52. The van der Waals surface area contributed by atoms with Crippen molar-refractivity contribution in [1.29, 1.82) is 5.26 Å². The Morgan fingerprint density at radius 2 is 2.27 bits per heavy atom. The quantitative estimate of drug-likeness (QED) is 0.734. The highest BCUT2D eigenvalue weighted by atomic mass is 32.2. The minimum Gasteiger partial charge on any atom is -0.224 e. The molecule has 1 aromatic rings. The molecule has 0 radical (unpaired) electrons. The van der Waals surface area contributed by atoms with Crippen LogP contribution in [0.2, 0.25) is 0 Å². The molecular formula is C6H6F3N5S. The number of hydrogen-bond donors (Lipinski definition) is 0. The largest absolute Gasteiger partial charge is 0.405 e. The molecule has 1 atom stereocenters. The van der Waals surface area contributed by atoms with E-state index in [0.717, 1.165) is 11.8 Å². The maximum Gasteiger partial charge on any atom is 0.405 e. The van der Waals surface area contributed by atoms with Gasteiger partial charge in [0.05, 0.1) is 6.07 Å². The second-order valence-electron chi connectivity index (χ2n) is 2.62. The normalized spacial score (nSPS) is 13.5. The maximum atomic E-state index is 12.2. The first kappa shape index (κ1) is 11.8. The Morgan fingerprint density at radius 3 is 2.67 bits per heavy atom. The van der Waals surface area contributed by atoms with Crippen LogP contribution < -0.4 is 0 Å². The number of aromatic nitrogens is 4. The lowest BCUT2D eigenvalue weighted by atomic mass is 10.2. The van der Waals surface area contributed by atoms with Crippen molar-refractivity contribution in [2.45, 2.75) is 11.3 Å². The highest BCUT2D eigenvalue weighted by Crippen LogP contribution is 2.30. The van der Waals surface area contributed by atoms with E-state index in [4.69, 9.17) is 5.26 Å². The van der Waals surface area contributed by atoms with Crippen molar-refractivity contribution in [1.82, 2.24) is 20.2 Å². The Balaban J connectivity index is 2.57. The molecule has 82 valence electrons. The third-order valence-corrected chi connectivity index (χ3v) is 2.62. The van der Waals surface area contributed by atoms with Crippen LogP contribution in [-0.2, 0) is 7.05 Å². The van der Waals surface area contributed by atoms with Crippen LogP contribution in [0.4, 0.5) is 13.2 Å². The summed E-state index contributed by atoms with van der Waals surface area (Å²) in [5, 5.41) is 18.8. The number of nitriles is 1. The van der Waals surface area contributed by atoms with Gasteiger partial charge in [-0.05, 0) is 10.4 Å². The van der Waals surface area contributed by atoms with E-state index >= 15 is 0 Å². The zero-order valence-electron chi connectivity index (χ0n) is 7.56. The van der Waals surface area contributed by atoms with E-state index in [9.17, 15) is 13.2 Å². The van der Waals surface area contributed by atoms with Crippen LogP contribution in [-0.4, -0.2) is 32.1 Å². The highest BCUT2D eigenvalue weighted by molar-refractivity contribution is 7.99. The SMILES string of the molecule is Cn1nnnc1SCC(C#N)C(F)(F)F. The summed E-state index contributed by atoms with van der Waals surface area (Å²) >= 11 is 0.798. The molecule has 0 bridgehead atoms. The Hall–Kier alpha value is -1.30. The Morgan fingerprint density at radius 1 is 1.60 bits per heavy atom. The number of halogens is 3. The molecule has 9 heteroatoms. The molecule has 0 aliphatic heterocycles. The van der Waals surface area contributed by atoms with Crippen LogP contribution in [0.25, 0.3) is 0 Å². The van der Waals surface area contributed by atoms with Crippen LogP contribution in [0.3, 0.4) is 0 Å².